The minimum atomic E-state index is 0. The SMILES string of the molecule is Cl.Cl.c1cc(OCCOc2ccc(C3=NCCN3)cc2)cc(OCCOc2ccc(C3=NCCN3)cc2)c1. The van der Waals surface area contributed by atoms with Gasteiger partial charge in [-0.2, -0.15) is 0 Å². The molecule has 0 unspecified atom stereocenters. The molecule has 2 heterocycles. The van der Waals surface area contributed by atoms with Crippen molar-refractivity contribution in [3.8, 4) is 23.0 Å². The smallest absolute Gasteiger partial charge is 0.128 e. The first kappa shape index (κ1) is 28.9. The quantitative estimate of drug-likeness (QED) is 0.325. The van der Waals surface area contributed by atoms with Crippen molar-refractivity contribution in [2.45, 2.75) is 0 Å². The molecule has 10 heteroatoms. The fourth-order valence-corrected chi connectivity index (χ4v) is 3.89. The summed E-state index contributed by atoms with van der Waals surface area (Å²) in [5, 5.41) is 6.54. The third kappa shape index (κ3) is 8.19. The number of ether oxygens (including phenoxy) is 4. The lowest BCUT2D eigenvalue weighted by Gasteiger charge is -2.11. The molecule has 3 aromatic carbocycles. The Labute approximate surface area is 235 Å². The van der Waals surface area contributed by atoms with E-state index in [2.05, 4.69) is 20.6 Å². The van der Waals surface area contributed by atoms with E-state index in [4.69, 9.17) is 18.9 Å². The third-order valence-electron chi connectivity index (χ3n) is 5.65. The van der Waals surface area contributed by atoms with Gasteiger partial charge in [-0.25, -0.2) is 0 Å². The van der Waals surface area contributed by atoms with Gasteiger partial charge in [0.25, 0.3) is 0 Å². The first-order valence-electron chi connectivity index (χ1n) is 12.2. The van der Waals surface area contributed by atoms with Crippen LogP contribution in [-0.4, -0.2) is 64.3 Å². The molecule has 0 saturated carbocycles. The molecule has 3 aromatic rings. The summed E-state index contributed by atoms with van der Waals surface area (Å²) in [5.74, 6) is 4.96. The second-order valence-electron chi connectivity index (χ2n) is 8.23. The molecule has 2 aliphatic rings. The summed E-state index contributed by atoms with van der Waals surface area (Å²) < 4.78 is 23.2. The highest BCUT2D eigenvalue weighted by Gasteiger charge is 2.09. The van der Waals surface area contributed by atoms with E-state index >= 15 is 0 Å². The van der Waals surface area contributed by atoms with Crippen molar-refractivity contribution < 1.29 is 18.9 Å². The number of hydrogen-bond donors (Lipinski definition) is 2. The Morgan fingerprint density at radius 2 is 0.921 bits per heavy atom. The third-order valence-corrected chi connectivity index (χ3v) is 5.65. The number of amidine groups is 2. The van der Waals surface area contributed by atoms with Crippen LogP contribution in [0.3, 0.4) is 0 Å². The molecule has 8 nitrogen and oxygen atoms in total. The maximum atomic E-state index is 5.82. The molecule has 0 saturated heterocycles. The number of nitrogens with zero attached hydrogens (tertiary/aromatic N) is 2. The van der Waals surface area contributed by atoms with Crippen LogP contribution in [0.15, 0.2) is 82.8 Å². The van der Waals surface area contributed by atoms with Gasteiger partial charge in [0.05, 0.1) is 13.1 Å². The monoisotopic (exact) mass is 558 g/mol. The zero-order valence-electron chi connectivity index (χ0n) is 20.9. The van der Waals surface area contributed by atoms with Gasteiger partial charge in [-0.15, -0.1) is 24.8 Å². The zero-order chi connectivity index (χ0) is 24.4. The fourth-order valence-electron chi connectivity index (χ4n) is 3.89. The highest BCUT2D eigenvalue weighted by atomic mass is 35.5. The standard InChI is InChI=1S/C28H30N4O4.2ClH/c1-2-25(35-18-16-33-23-8-4-21(5-9-23)27-29-12-13-30-27)20-26(3-1)36-19-17-34-24-10-6-22(7-11-24)28-31-14-15-32-28;;/h1-11,20H,12-19H2,(H,29,30)(H,31,32);2*1H. The Bertz CT molecular complexity index is 1110. The molecule has 0 aliphatic carbocycles. The van der Waals surface area contributed by atoms with Crippen molar-refractivity contribution in [3.63, 3.8) is 0 Å². The van der Waals surface area contributed by atoms with Crippen LogP contribution in [0.5, 0.6) is 23.0 Å². The van der Waals surface area contributed by atoms with E-state index in [1.54, 1.807) is 0 Å². The molecule has 0 aromatic heterocycles. The van der Waals surface area contributed by atoms with Crippen molar-refractivity contribution in [2.24, 2.45) is 9.98 Å². The summed E-state index contributed by atoms with van der Waals surface area (Å²) in [7, 11) is 0. The van der Waals surface area contributed by atoms with E-state index in [1.807, 2.05) is 72.8 Å². The molecule has 5 rings (SSSR count). The van der Waals surface area contributed by atoms with E-state index in [-0.39, 0.29) is 24.8 Å². The van der Waals surface area contributed by atoms with Crippen LogP contribution in [-0.2, 0) is 0 Å². The Kier molecular flexibility index (Phi) is 11.4. The molecule has 202 valence electrons. The summed E-state index contributed by atoms with van der Waals surface area (Å²) in [4.78, 5) is 8.85. The normalized spacial score (nSPS) is 13.6. The van der Waals surface area contributed by atoms with Crippen LogP contribution in [0.25, 0.3) is 0 Å². The average Bonchev–Trinajstić information content (AvgIpc) is 3.66. The molecule has 2 N–H and O–H groups in total. The molecule has 0 spiro atoms. The maximum absolute atomic E-state index is 5.82. The summed E-state index contributed by atoms with van der Waals surface area (Å²) in [6, 6.07) is 23.4. The average molecular weight is 559 g/mol. The van der Waals surface area contributed by atoms with E-state index in [9.17, 15) is 0 Å². The Balaban J connectivity index is 0.00000200. The number of hydrogen-bond acceptors (Lipinski definition) is 8. The van der Waals surface area contributed by atoms with Crippen LogP contribution in [0, 0.1) is 0 Å². The maximum Gasteiger partial charge on any atom is 0.128 e. The highest BCUT2D eigenvalue weighted by Crippen LogP contribution is 2.20. The number of benzene rings is 3. The summed E-state index contributed by atoms with van der Waals surface area (Å²) in [6.07, 6.45) is 0. The largest absolute Gasteiger partial charge is 0.490 e. The number of halogens is 2. The zero-order valence-corrected chi connectivity index (χ0v) is 22.6. The second kappa shape index (κ2) is 15.0. The van der Waals surface area contributed by atoms with Crippen molar-refractivity contribution >= 4 is 36.5 Å². The van der Waals surface area contributed by atoms with Gasteiger partial charge in [0.15, 0.2) is 0 Å². The van der Waals surface area contributed by atoms with Gasteiger partial charge >= 0.3 is 0 Å². The molecule has 2 aliphatic heterocycles. The minimum Gasteiger partial charge on any atom is -0.490 e. The van der Waals surface area contributed by atoms with Gasteiger partial charge in [0, 0.05) is 30.3 Å². The molecular formula is C28H32Cl2N4O4. The predicted molar refractivity (Wildman–Crippen MR) is 155 cm³/mol. The lowest BCUT2D eigenvalue weighted by Crippen LogP contribution is -2.19. The molecule has 0 bridgehead atoms. The van der Waals surface area contributed by atoms with Crippen molar-refractivity contribution in [3.05, 3.63) is 83.9 Å². The van der Waals surface area contributed by atoms with Gasteiger partial charge in [0.1, 0.15) is 61.1 Å². The van der Waals surface area contributed by atoms with Gasteiger partial charge in [0.2, 0.25) is 0 Å². The summed E-state index contributed by atoms with van der Waals surface area (Å²) in [6.45, 7) is 5.20. The molecule has 38 heavy (non-hydrogen) atoms. The lowest BCUT2D eigenvalue weighted by molar-refractivity contribution is 0.210. The van der Waals surface area contributed by atoms with Crippen LogP contribution in [0.2, 0.25) is 0 Å². The Hall–Kier alpha value is -3.62. The van der Waals surface area contributed by atoms with Crippen molar-refractivity contribution in [1.82, 2.24) is 10.6 Å². The number of nitrogens with one attached hydrogen (secondary N) is 2. The Morgan fingerprint density at radius 3 is 1.29 bits per heavy atom. The fraction of sp³-hybridized carbons (Fsp3) is 0.286. The highest BCUT2D eigenvalue weighted by molar-refractivity contribution is 6.00. The second-order valence-corrected chi connectivity index (χ2v) is 8.23. The first-order chi connectivity index (χ1) is 17.8. The number of rotatable bonds is 12. The van der Waals surface area contributed by atoms with Crippen LogP contribution in [0.4, 0.5) is 0 Å². The molecule has 0 amide bonds. The Morgan fingerprint density at radius 1 is 0.526 bits per heavy atom. The van der Waals surface area contributed by atoms with E-state index in [1.165, 1.54) is 0 Å². The van der Waals surface area contributed by atoms with E-state index in [0.29, 0.717) is 26.4 Å². The van der Waals surface area contributed by atoms with Crippen LogP contribution < -0.4 is 29.6 Å². The van der Waals surface area contributed by atoms with Crippen LogP contribution >= 0.6 is 24.8 Å². The molecule has 0 atom stereocenters. The van der Waals surface area contributed by atoms with Gasteiger partial charge in [-0.1, -0.05) is 6.07 Å². The van der Waals surface area contributed by atoms with Gasteiger partial charge < -0.3 is 29.6 Å². The predicted octanol–water partition coefficient (Wildman–Crippen LogP) is 4.15. The minimum absolute atomic E-state index is 0. The lowest BCUT2D eigenvalue weighted by atomic mass is 10.2. The first-order valence-corrected chi connectivity index (χ1v) is 12.2. The van der Waals surface area contributed by atoms with Gasteiger partial charge in [-0.05, 0) is 60.7 Å². The topological polar surface area (TPSA) is 85.7 Å². The van der Waals surface area contributed by atoms with Gasteiger partial charge in [-0.3, -0.25) is 9.98 Å². The van der Waals surface area contributed by atoms with E-state index in [0.717, 1.165) is 72.0 Å². The summed E-state index contributed by atoms with van der Waals surface area (Å²) in [5.41, 5.74) is 2.15. The van der Waals surface area contributed by atoms with Crippen molar-refractivity contribution in [2.75, 3.05) is 52.6 Å². The molecular weight excluding hydrogens is 527 g/mol. The number of aliphatic imine (C=N–C) groups is 2. The molecule has 0 fully saturated rings. The van der Waals surface area contributed by atoms with Crippen molar-refractivity contribution in [1.29, 1.82) is 0 Å². The summed E-state index contributed by atoms with van der Waals surface area (Å²) >= 11 is 0. The molecule has 0 radical (unpaired) electrons. The van der Waals surface area contributed by atoms with E-state index < -0.39 is 0 Å². The van der Waals surface area contributed by atoms with Crippen LogP contribution in [0.1, 0.15) is 11.1 Å².